The Balaban J connectivity index is 2.44. The van der Waals surface area contributed by atoms with Crippen LogP contribution in [0.1, 0.15) is 16.2 Å². The molecule has 1 aromatic heterocycles. The highest BCUT2D eigenvalue weighted by Crippen LogP contribution is 2.14. The van der Waals surface area contributed by atoms with E-state index in [9.17, 15) is 4.79 Å². The van der Waals surface area contributed by atoms with Gasteiger partial charge in [-0.3, -0.25) is 4.79 Å². The fourth-order valence-corrected chi connectivity index (χ4v) is 1.61. The van der Waals surface area contributed by atoms with Gasteiger partial charge in [-0.05, 0) is 25.1 Å². The highest BCUT2D eigenvalue weighted by molar-refractivity contribution is 6.30. The zero-order valence-electron chi connectivity index (χ0n) is 9.44. The molecule has 1 N–H and O–H groups in total. The molecule has 0 atom stereocenters. The molecule has 1 aromatic carbocycles. The van der Waals surface area contributed by atoms with Crippen LogP contribution in [-0.2, 0) is 0 Å². The van der Waals surface area contributed by atoms with Crippen LogP contribution >= 0.6 is 11.6 Å². The molecule has 0 bridgehead atoms. The Hall–Kier alpha value is -1.88. The number of rotatable bonds is 2. The van der Waals surface area contributed by atoms with Crippen LogP contribution in [0.2, 0.25) is 5.02 Å². The number of nitrogens with one attached hydrogen (secondary N) is 1. The number of aromatic nitrogens is 3. The zero-order chi connectivity index (χ0) is 12.4. The summed E-state index contributed by atoms with van der Waals surface area (Å²) in [6.07, 6.45) is 0. The molecule has 0 saturated heterocycles. The second-order valence-corrected chi connectivity index (χ2v) is 3.92. The van der Waals surface area contributed by atoms with E-state index >= 15 is 0 Å². The lowest BCUT2D eigenvalue weighted by atomic mass is 10.3. The van der Waals surface area contributed by atoms with Crippen molar-refractivity contribution in [3.63, 3.8) is 0 Å². The fourth-order valence-electron chi connectivity index (χ4n) is 1.42. The standard InChI is InChI=1S/C11H11ClN4O/c1-7-10(11(17)13-2)15-16(14-7)9-5-3-4-8(12)6-9/h3-6H,1-2H3,(H,13,17). The van der Waals surface area contributed by atoms with Crippen molar-refractivity contribution in [1.29, 1.82) is 0 Å². The molecule has 88 valence electrons. The molecule has 0 saturated carbocycles. The van der Waals surface area contributed by atoms with Gasteiger partial charge in [-0.15, -0.1) is 5.10 Å². The third-order valence-electron chi connectivity index (χ3n) is 2.26. The minimum absolute atomic E-state index is 0.254. The van der Waals surface area contributed by atoms with Crippen LogP contribution in [0.5, 0.6) is 0 Å². The van der Waals surface area contributed by atoms with Gasteiger partial charge in [0, 0.05) is 12.1 Å². The zero-order valence-corrected chi connectivity index (χ0v) is 10.2. The Morgan fingerprint density at radius 3 is 2.82 bits per heavy atom. The van der Waals surface area contributed by atoms with Gasteiger partial charge in [-0.25, -0.2) is 0 Å². The first-order valence-corrected chi connectivity index (χ1v) is 5.41. The van der Waals surface area contributed by atoms with Gasteiger partial charge in [0.25, 0.3) is 5.91 Å². The number of hydrogen-bond donors (Lipinski definition) is 1. The molecule has 1 amide bonds. The van der Waals surface area contributed by atoms with Crippen LogP contribution < -0.4 is 5.32 Å². The number of benzene rings is 1. The second kappa shape index (κ2) is 4.55. The lowest BCUT2D eigenvalue weighted by Gasteiger charge is -1.98. The van der Waals surface area contributed by atoms with Gasteiger partial charge in [0.1, 0.15) is 0 Å². The molecule has 0 aliphatic heterocycles. The van der Waals surface area contributed by atoms with Gasteiger partial charge in [0.05, 0.1) is 11.4 Å². The summed E-state index contributed by atoms with van der Waals surface area (Å²) in [5, 5.41) is 11.4. The Bertz CT molecular complexity index is 564. The summed E-state index contributed by atoms with van der Waals surface area (Å²) in [5.74, 6) is -0.254. The first kappa shape index (κ1) is 11.6. The Morgan fingerprint density at radius 2 is 2.18 bits per heavy atom. The first-order chi connectivity index (χ1) is 8.11. The van der Waals surface area contributed by atoms with Crippen LogP contribution in [0.25, 0.3) is 5.69 Å². The number of nitrogens with zero attached hydrogens (tertiary/aromatic N) is 3. The summed E-state index contributed by atoms with van der Waals surface area (Å²) in [6.45, 7) is 1.73. The van der Waals surface area contributed by atoms with E-state index in [1.807, 2.05) is 6.07 Å². The molecule has 0 unspecified atom stereocenters. The van der Waals surface area contributed by atoms with Crippen molar-refractivity contribution in [2.75, 3.05) is 7.05 Å². The molecule has 6 heteroatoms. The first-order valence-electron chi connectivity index (χ1n) is 5.04. The minimum Gasteiger partial charge on any atom is -0.354 e. The second-order valence-electron chi connectivity index (χ2n) is 3.48. The van der Waals surface area contributed by atoms with Crippen LogP contribution in [0.4, 0.5) is 0 Å². The molecule has 0 fully saturated rings. The maximum absolute atomic E-state index is 11.5. The third-order valence-corrected chi connectivity index (χ3v) is 2.50. The van der Waals surface area contributed by atoms with E-state index in [2.05, 4.69) is 15.5 Å². The number of carbonyl (C=O) groups is 1. The van der Waals surface area contributed by atoms with Crippen molar-refractivity contribution >= 4 is 17.5 Å². The molecule has 0 radical (unpaired) electrons. The molecule has 17 heavy (non-hydrogen) atoms. The predicted octanol–water partition coefficient (Wildman–Crippen LogP) is 1.59. The summed E-state index contributed by atoms with van der Waals surface area (Å²) in [5.41, 5.74) is 1.60. The number of halogens is 1. The molecule has 5 nitrogen and oxygen atoms in total. The lowest BCUT2D eigenvalue weighted by Crippen LogP contribution is -2.19. The SMILES string of the molecule is CNC(=O)c1nn(-c2cccc(Cl)c2)nc1C. The van der Waals surface area contributed by atoms with E-state index in [0.717, 1.165) is 5.69 Å². The molecular weight excluding hydrogens is 240 g/mol. The molecular formula is C11H11ClN4O. The Kier molecular flexibility index (Phi) is 3.10. The van der Waals surface area contributed by atoms with Crippen molar-refractivity contribution in [1.82, 2.24) is 20.3 Å². The molecule has 0 aliphatic carbocycles. The number of amides is 1. The summed E-state index contributed by atoms with van der Waals surface area (Å²) in [6, 6.07) is 7.12. The summed E-state index contributed by atoms with van der Waals surface area (Å²) in [7, 11) is 1.56. The summed E-state index contributed by atoms with van der Waals surface area (Å²) in [4.78, 5) is 12.9. The van der Waals surface area contributed by atoms with Crippen molar-refractivity contribution in [2.45, 2.75) is 6.92 Å². The third kappa shape index (κ3) is 2.29. The van der Waals surface area contributed by atoms with Gasteiger partial charge >= 0.3 is 0 Å². The van der Waals surface area contributed by atoms with Gasteiger partial charge in [0.15, 0.2) is 5.69 Å². The van der Waals surface area contributed by atoms with Crippen LogP contribution in [0.3, 0.4) is 0 Å². The molecule has 2 aromatic rings. The van der Waals surface area contributed by atoms with Crippen molar-refractivity contribution < 1.29 is 4.79 Å². The summed E-state index contributed by atoms with van der Waals surface area (Å²) < 4.78 is 0. The number of hydrogen-bond acceptors (Lipinski definition) is 3. The van der Waals surface area contributed by atoms with Gasteiger partial charge in [0.2, 0.25) is 0 Å². The van der Waals surface area contributed by atoms with Gasteiger partial charge < -0.3 is 5.32 Å². The Morgan fingerprint density at radius 1 is 1.41 bits per heavy atom. The Labute approximate surface area is 103 Å². The predicted molar refractivity (Wildman–Crippen MR) is 64.5 cm³/mol. The van der Waals surface area contributed by atoms with Crippen molar-refractivity contribution in [3.8, 4) is 5.69 Å². The number of carbonyl (C=O) groups excluding carboxylic acids is 1. The minimum atomic E-state index is -0.254. The van der Waals surface area contributed by atoms with Gasteiger partial charge in [-0.2, -0.15) is 9.90 Å². The van der Waals surface area contributed by atoms with Crippen LogP contribution in [0.15, 0.2) is 24.3 Å². The lowest BCUT2D eigenvalue weighted by molar-refractivity contribution is 0.0957. The van der Waals surface area contributed by atoms with E-state index in [0.29, 0.717) is 16.4 Å². The molecule has 0 aliphatic rings. The highest BCUT2D eigenvalue weighted by Gasteiger charge is 2.14. The average Bonchev–Trinajstić information content (AvgIpc) is 2.70. The van der Waals surface area contributed by atoms with Gasteiger partial charge in [-0.1, -0.05) is 17.7 Å². The van der Waals surface area contributed by atoms with E-state index in [1.165, 1.54) is 4.80 Å². The smallest absolute Gasteiger partial charge is 0.273 e. The maximum atomic E-state index is 11.5. The topological polar surface area (TPSA) is 59.8 Å². The monoisotopic (exact) mass is 250 g/mol. The van der Waals surface area contributed by atoms with Crippen LogP contribution in [-0.4, -0.2) is 27.9 Å². The molecule has 1 heterocycles. The molecule has 2 rings (SSSR count). The fraction of sp³-hybridized carbons (Fsp3) is 0.182. The quantitative estimate of drug-likeness (QED) is 0.881. The maximum Gasteiger partial charge on any atom is 0.273 e. The van der Waals surface area contributed by atoms with E-state index < -0.39 is 0 Å². The van der Waals surface area contributed by atoms with Crippen LogP contribution in [0, 0.1) is 6.92 Å². The molecule has 0 spiro atoms. The largest absolute Gasteiger partial charge is 0.354 e. The van der Waals surface area contributed by atoms with E-state index in [-0.39, 0.29) is 5.91 Å². The number of aryl methyl sites for hydroxylation is 1. The highest BCUT2D eigenvalue weighted by atomic mass is 35.5. The van der Waals surface area contributed by atoms with E-state index in [1.54, 1.807) is 32.2 Å². The van der Waals surface area contributed by atoms with Crippen molar-refractivity contribution in [3.05, 3.63) is 40.7 Å². The summed E-state index contributed by atoms with van der Waals surface area (Å²) >= 11 is 5.88. The average molecular weight is 251 g/mol. The van der Waals surface area contributed by atoms with Crippen molar-refractivity contribution in [2.24, 2.45) is 0 Å². The van der Waals surface area contributed by atoms with E-state index in [4.69, 9.17) is 11.6 Å². The normalized spacial score (nSPS) is 10.3.